The number of halogens is 1. The van der Waals surface area contributed by atoms with Crippen LogP contribution in [0.2, 0.25) is 5.02 Å². The molecule has 0 bridgehead atoms. The zero-order valence-corrected chi connectivity index (χ0v) is 16.3. The molecule has 0 atom stereocenters. The van der Waals surface area contributed by atoms with E-state index < -0.39 is 5.97 Å². The summed E-state index contributed by atoms with van der Waals surface area (Å²) in [5.41, 5.74) is 4.62. The number of benzene rings is 2. The molecule has 4 rings (SSSR count). The van der Waals surface area contributed by atoms with E-state index in [1.807, 2.05) is 35.0 Å². The quantitative estimate of drug-likeness (QED) is 0.356. The van der Waals surface area contributed by atoms with Gasteiger partial charge in [-0.15, -0.1) is 0 Å². The lowest BCUT2D eigenvalue weighted by molar-refractivity contribution is 0.0660. The number of rotatable bonds is 6. The summed E-state index contributed by atoms with van der Waals surface area (Å²) < 4.78 is 7.29. The molecule has 0 saturated carbocycles. The zero-order chi connectivity index (χ0) is 21.1. The van der Waals surface area contributed by atoms with Crippen molar-refractivity contribution in [1.29, 1.82) is 0 Å². The van der Waals surface area contributed by atoms with Crippen LogP contribution in [0.1, 0.15) is 32.2 Å². The van der Waals surface area contributed by atoms with Gasteiger partial charge in [0.2, 0.25) is 5.76 Å². The number of aromatic carboxylic acids is 1. The Balaban J connectivity index is 1.56. The van der Waals surface area contributed by atoms with Crippen LogP contribution in [0, 0.1) is 0 Å². The summed E-state index contributed by atoms with van der Waals surface area (Å²) >= 11 is 5.91. The third-order valence-corrected chi connectivity index (χ3v) is 4.71. The highest BCUT2D eigenvalue weighted by molar-refractivity contribution is 6.30. The van der Waals surface area contributed by atoms with E-state index in [2.05, 4.69) is 10.5 Å². The summed E-state index contributed by atoms with van der Waals surface area (Å²) in [4.78, 5) is 23.2. The average Bonchev–Trinajstić information content (AvgIpc) is 3.34. The van der Waals surface area contributed by atoms with Gasteiger partial charge in [0.05, 0.1) is 12.8 Å². The topological polar surface area (TPSA) is 96.8 Å². The predicted molar refractivity (Wildman–Crippen MR) is 113 cm³/mol. The van der Waals surface area contributed by atoms with Gasteiger partial charge in [-0.25, -0.2) is 10.2 Å². The third-order valence-electron chi connectivity index (χ3n) is 4.47. The van der Waals surface area contributed by atoms with Crippen LogP contribution < -0.4 is 5.43 Å². The fraction of sp³-hybridized carbons (Fsp3) is 0.0455. The number of para-hydroxylation sites is 1. The molecule has 2 aromatic heterocycles. The Morgan fingerprint density at radius 3 is 2.73 bits per heavy atom. The lowest BCUT2D eigenvalue weighted by Crippen LogP contribution is -2.17. The summed E-state index contributed by atoms with van der Waals surface area (Å²) in [6.07, 6.45) is 3.43. The summed E-state index contributed by atoms with van der Waals surface area (Å²) in [6.45, 7) is 0.358. The second kappa shape index (κ2) is 8.26. The van der Waals surface area contributed by atoms with E-state index in [1.54, 1.807) is 36.5 Å². The molecule has 0 aliphatic heterocycles. The number of carbonyl (C=O) groups is 2. The molecule has 0 aliphatic rings. The minimum Gasteiger partial charge on any atom is -0.475 e. The molecule has 2 N–H and O–H groups in total. The fourth-order valence-electron chi connectivity index (χ4n) is 3.11. The van der Waals surface area contributed by atoms with E-state index in [9.17, 15) is 9.59 Å². The van der Waals surface area contributed by atoms with Gasteiger partial charge in [0.25, 0.3) is 5.91 Å². The maximum atomic E-state index is 12.2. The minimum absolute atomic E-state index is 0.105. The Hall–Kier alpha value is -3.84. The van der Waals surface area contributed by atoms with Crippen LogP contribution >= 0.6 is 11.6 Å². The number of nitrogens with zero attached hydrogens (tertiary/aromatic N) is 2. The third kappa shape index (κ3) is 4.11. The number of hydrogen-bond donors (Lipinski definition) is 2. The number of carboxylic acid groups (broad SMARTS) is 1. The van der Waals surface area contributed by atoms with E-state index in [0.29, 0.717) is 22.9 Å². The van der Waals surface area contributed by atoms with Crippen molar-refractivity contribution in [3.8, 4) is 0 Å². The number of furan rings is 1. The van der Waals surface area contributed by atoms with Gasteiger partial charge in [-0.2, -0.15) is 5.10 Å². The van der Waals surface area contributed by atoms with Gasteiger partial charge in [-0.05, 0) is 36.4 Å². The van der Waals surface area contributed by atoms with Crippen molar-refractivity contribution in [3.05, 3.63) is 94.5 Å². The Kier molecular flexibility index (Phi) is 5.36. The second-order valence-corrected chi connectivity index (χ2v) is 6.95. The zero-order valence-electron chi connectivity index (χ0n) is 15.6. The maximum Gasteiger partial charge on any atom is 0.371 e. The van der Waals surface area contributed by atoms with Gasteiger partial charge < -0.3 is 14.1 Å². The molecule has 7 nitrogen and oxygen atoms in total. The first kappa shape index (κ1) is 19.5. The minimum atomic E-state index is -1.11. The van der Waals surface area contributed by atoms with Crippen molar-refractivity contribution in [1.82, 2.24) is 9.99 Å². The molecular formula is C22H16ClN3O4. The monoisotopic (exact) mass is 421 g/mol. The standard InChI is InChI=1S/C22H16ClN3O4/c23-16-5-3-4-14(10-16)21(27)25-24-11-15-12-26(19-7-2-1-6-18(15)19)13-17-8-9-20(30-17)22(28)29/h1-12H,13H2,(H,25,27)(H,28,29)/b24-11-. The molecule has 0 saturated heterocycles. The van der Waals surface area contributed by atoms with Crippen LogP contribution in [0.15, 0.2) is 76.4 Å². The van der Waals surface area contributed by atoms with Crippen molar-refractivity contribution in [2.45, 2.75) is 6.54 Å². The molecule has 0 unspecified atom stereocenters. The number of nitrogens with one attached hydrogen (secondary N) is 1. The number of carbonyl (C=O) groups excluding carboxylic acids is 1. The number of fused-ring (bicyclic) bond motifs is 1. The molecule has 150 valence electrons. The molecule has 2 aromatic carbocycles. The van der Waals surface area contributed by atoms with Crippen molar-refractivity contribution in [2.75, 3.05) is 0 Å². The summed E-state index contributed by atoms with van der Waals surface area (Å²) in [5, 5.41) is 14.5. The number of aromatic nitrogens is 1. The van der Waals surface area contributed by atoms with E-state index >= 15 is 0 Å². The van der Waals surface area contributed by atoms with E-state index in [0.717, 1.165) is 16.5 Å². The summed E-state index contributed by atoms with van der Waals surface area (Å²) in [5.74, 6) is -1.06. The van der Waals surface area contributed by atoms with E-state index in [1.165, 1.54) is 6.07 Å². The maximum absolute atomic E-state index is 12.2. The lowest BCUT2D eigenvalue weighted by atomic mass is 10.2. The highest BCUT2D eigenvalue weighted by Gasteiger charge is 2.12. The summed E-state index contributed by atoms with van der Waals surface area (Å²) in [6, 6.07) is 17.4. The molecule has 8 heteroatoms. The molecule has 0 radical (unpaired) electrons. The highest BCUT2D eigenvalue weighted by atomic mass is 35.5. The largest absolute Gasteiger partial charge is 0.475 e. The Labute approximate surface area is 176 Å². The molecular weight excluding hydrogens is 406 g/mol. The molecule has 0 spiro atoms. The summed E-state index contributed by atoms with van der Waals surface area (Å²) in [7, 11) is 0. The van der Waals surface area contributed by atoms with Gasteiger partial charge >= 0.3 is 5.97 Å². The molecule has 0 aliphatic carbocycles. The number of hydrazone groups is 1. The SMILES string of the molecule is O=C(N/N=C\c1cn(Cc2ccc(C(=O)O)o2)c2ccccc12)c1cccc(Cl)c1. The van der Waals surface area contributed by atoms with Crippen LogP contribution in [-0.4, -0.2) is 27.8 Å². The molecule has 2 heterocycles. The van der Waals surface area contributed by atoms with Crippen LogP contribution in [0.25, 0.3) is 10.9 Å². The highest BCUT2D eigenvalue weighted by Crippen LogP contribution is 2.22. The Morgan fingerprint density at radius 1 is 1.13 bits per heavy atom. The van der Waals surface area contributed by atoms with Crippen LogP contribution in [-0.2, 0) is 6.54 Å². The van der Waals surface area contributed by atoms with Gasteiger partial charge in [0, 0.05) is 33.2 Å². The molecule has 4 aromatic rings. The van der Waals surface area contributed by atoms with Gasteiger partial charge in [-0.3, -0.25) is 4.79 Å². The average molecular weight is 422 g/mol. The van der Waals surface area contributed by atoms with Gasteiger partial charge in [-0.1, -0.05) is 35.9 Å². The lowest BCUT2D eigenvalue weighted by Gasteiger charge is -2.02. The van der Waals surface area contributed by atoms with Gasteiger partial charge in [0.1, 0.15) is 5.76 Å². The number of hydrogen-bond acceptors (Lipinski definition) is 4. The van der Waals surface area contributed by atoms with Crippen molar-refractivity contribution in [2.24, 2.45) is 5.10 Å². The van der Waals surface area contributed by atoms with Crippen molar-refractivity contribution < 1.29 is 19.1 Å². The smallest absolute Gasteiger partial charge is 0.371 e. The molecule has 0 fully saturated rings. The number of carboxylic acids is 1. The van der Waals surface area contributed by atoms with Crippen molar-refractivity contribution in [3.63, 3.8) is 0 Å². The first-order valence-corrected chi connectivity index (χ1v) is 9.38. The van der Waals surface area contributed by atoms with Crippen LogP contribution in [0.3, 0.4) is 0 Å². The van der Waals surface area contributed by atoms with Crippen molar-refractivity contribution >= 4 is 40.6 Å². The van der Waals surface area contributed by atoms with E-state index in [4.69, 9.17) is 21.1 Å². The van der Waals surface area contributed by atoms with Gasteiger partial charge in [0.15, 0.2) is 0 Å². The second-order valence-electron chi connectivity index (χ2n) is 6.51. The predicted octanol–water partition coefficient (Wildman–Crippen LogP) is 4.40. The number of amides is 1. The van der Waals surface area contributed by atoms with E-state index in [-0.39, 0.29) is 11.7 Å². The molecule has 30 heavy (non-hydrogen) atoms. The normalized spacial score (nSPS) is 11.2. The first-order chi connectivity index (χ1) is 14.5. The van der Waals surface area contributed by atoms with Crippen LogP contribution in [0.4, 0.5) is 0 Å². The first-order valence-electron chi connectivity index (χ1n) is 9.00. The fourth-order valence-corrected chi connectivity index (χ4v) is 3.30. The molecule has 1 amide bonds. The van der Waals surface area contributed by atoms with Crippen LogP contribution in [0.5, 0.6) is 0 Å². The Bertz CT molecular complexity index is 1270. The Morgan fingerprint density at radius 2 is 1.97 bits per heavy atom.